The second-order valence-electron chi connectivity index (χ2n) is 10.2. The predicted molar refractivity (Wildman–Crippen MR) is 169 cm³/mol. The summed E-state index contributed by atoms with van der Waals surface area (Å²) >= 11 is 0. The minimum atomic E-state index is 0.901. The largest absolute Gasteiger partial charge is 0.456 e. The van der Waals surface area contributed by atoms with Gasteiger partial charge in [0.25, 0.3) is 0 Å². The van der Waals surface area contributed by atoms with E-state index in [1.54, 1.807) is 0 Å². The van der Waals surface area contributed by atoms with E-state index < -0.39 is 0 Å². The summed E-state index contributed by atoms with van der Waals surface area (Å²) in [6.45, 7) is 0. The fourth-order valence-electron chi connectivity index (χ4n) is 6.01. The number of rotatable bonds is 4. The quantitative estimate of drug-likeness (QED) is 0.234. The number of fused-ring (bicyclic) bond motifs is 5. The fraction of sp³-hybridized carbons (Fsp3) is 0. The van der Waals surface area contributed by atoms with Crippen LogP contribution in [-0.4, -0.2) is 0 Å². The number of nitrogens with zero attached hydrogens (tertiary/aromatic N) is 1. The van der Waals surface area contributed by atoms with Gasteiger partial charge in [-0.25, -0.2) is 0 Å². The minimum Gasteiger partial charge on any atom is -0.456 e. The molecule has 0 unspecified atom stereocenters. The third-order valence-corrected chi connectivity index (χ3v) is 7.84. The summed E-state index contributed by atoms with van der Waals surface area (Å²) in [4.78, 5) is 2.38. The van der Waals surface area contributed by atoms with Gasteiger partial charge in [-0.3, -0.25) is 0 Å². The van der Waals surface area contributed by atoms with Gasteiger partial charge in [0.15, 0.2) is 0 Å². The third kappa shape index (κ3) is 3.58. The van der Waals surface area contributed by atoms with Crippen molar-refractivity contribution in [3.63, 3.8) is 0 Å². The van der Waals surface area contributed by atoms with E-state index in [0.717, 1.165) is 44.4 Å². The fourth-order valence-corrected chi connectivity index (χ4v) is 6.01. The molecule has 1 aromatic heterocycles. The third-order valence-electron chi connectivity index (χ3n) is 7.84. The second kappa shape index (κ2) is 9.14. The Morgan fingerprint density at radius 1 is 0.400 bits per heavy atom. The van der Waals surface area contributed by atoms with Crippen molar-refractivity contribution in [2.75, 3.05) is 4.90 Å². The maximum atomic E-state index is 6.32. The molecule has 2 heteroatoms. The number of anilines is 3. The highest BCUT2D eigenvalue weighted by atomic mass is 16.3. The molecule has 188 valence electrons. The monoisotopic (exact) mass is 511 g/mol. The lowest BCUT2D eigenvalue weighted by Gasteiger charge is -2.28. The second-order valence-corrected chi connectivity index (χ2v) is 10.2. The normalized spacial score (nSPS) is 11.5. The van der Waals surface area contributed by atoms with Crippen molar-refractivity contribution >= 4 is 60.5 Å². The molecule has 0 saturated carbocycles. The van der Waals surface area contributed by atoms with E-state index >= 15 is 0 Å². The van der Waals surface area contributed by atoms with Gasteiger partial charge in [-0.05, 0) is 64.4 Å². The van der Waals surface area contributed by atoms with E-state index in [0.29, 0.717) is 0 Å². The first-order valence-corrected chi connectivity index (χ1v) is 13.6. The smallest absolute Gasteiger partial charge is 0.136 e. The maximum Gasteiger partial charge on any atom is 0.136 e. The standard InChI is InChI=1S/C38H25NO/c1-3-12-26(13-4-1)29-22-23-36(31-18-8-7-17-30(29)31)39(28-15-5-2-6-16-28)35-20-11-14-27-24-34-32-19-9-10-21-37(32)40-38(34)25-33(27)35/h1-25H. The van der Waals surface area contributed by atoms with E-state index in [1.807, 2.05) is 12.1 Å². The SMILES string of the molecule is c1ccc(-c2ccc(N(c3ccccc3)c3cccc4cc5c(cc34)oc3ccccc35)c3ccccc23)cc1. The van der Waals surface area contributed by atoms with Crippen molar-refractivity contribution in [2.24, 2.45) is 0 Å². The molecule has 0 radical (unpaired) electrons. The lowest BCUT2D eigenvalue weighted by Crippen LogP contribution is -2.11. The first kappa shape index (κ1) is 22.6. The molecule has 0 saturated heterocycles. The molecule has 40 heavy (non-hydrogen) atoms. The summed E-state index contributed by atoms with van der Waals surface area (Å²) in [7, 11) is 0. The summed E-state index contributed by atoms with van der Waals surface area (Å²) < 4.78 is 6.32. The Bertz CT molecular complexity index is 2160. The van der Waals surface area contributed by atoms with Gasteiger partial charge < -0.3 is 9.32 Å². The zero-order chi connectivity index (χ0) is 26.5. The van der Waals surface area contributed by atoms with Gasteiger partial charge in [0.2, 0.25) is 0 Å². The molecule has 0 fully saturated rings. The molecule has 0 aliphatic carbocycles. The molecular formula is C38H25NO. The first-order chi connectivity index (χ1) is 19.8. The van der Waals surface area contributed by atoms with Crippen LogP contribution in [0.1, 0.15) is 0 Å². The Kier molecular flexibility index (Phi) is 5.17. The highest BCUT2D eigenvalue weighted by molar-refractivity contribution is 6.14. The van der Waals surface area contributed by atoms with Gasteiger partial charge in [-0.1, -0.05) is 109 Å². The molecule has 0 aliphatic heterocycles. The Morgan fingerprint density at radius 3 is 1.90 bits per heavy atom. The average Bonchev–Trinajstić information content (AvgIpc) is 3.39. The molecule has 8 rings (SSSR count). The molecule has 0 N–H and O–H groups in total. The molecule has 0 amide bonds. The first-order valence-electron chi connectivity index (χ1n) is 13.6. The summed E-state index contributed by atoms with van der Waals surface area (Å²) in [6.07, 6.45) is 0. The van der Waals surface area contributed by atoms with Crippen LogP contribution in [0.15, 0.2) is 156 Å². The van der Waals surface area contributed by atoms with Gasteiger partial charge >= 0.3 is 0 Å². The van der Waals surface area contributed by atoms with Crippen LogP contribution in [-0.2, 0) is 0 Å². The minimum absolute atomic E-state index is 0.901. The summed E-state index contributed by atoms with van der Waals surface area (Å²) in [5, 5.41) is 7.05. The van der Waals surface area contributed by atoms with E-state index in [1.165, 1.54) is 27.3 Å². The van der Waals surface area contributed by atoms with Crippen LogP contribution in [0, 0.1) is 0 Å². The highest BCUT2D eigenvalue weighted by Crippen LogP contribution is 2.45. The average molecular weight is 512 g/mol. The lowest BCUT2D eigenvalue weighted by molar-refractivity contribution is 0.669. The van der Waals surface area contributed by atoms with E-state index in [4.69, 9.17) is 4.42 Å². The summed E-state index contributed by atoms with van der Waals surface area (Å²) in [6, 6.07) is 53.8. The van der Waals surface area contributed by atoms with Crippen molar-refractivity contribution in [3.05, 3.63) is 152 Å². The van der Waals surface area contributed by atoms with E-state index in [-0.39, 0.29) is 0 Å². The molecular weight excluding hydrogens is 486 g/mol. The van der Waals surface area contributed by atoms with Crippen molar-refractivity contribution in [1.29, 1.82) is 0 Å². The molecule has 7 aromatic carbocycles. The molecule has 0 atom stereocenters. The Hall–Kier alpha value is -5.34. The highest BCUT2D eigenvalue weighted by Gasteiger charge is 2.20. The summed E-state index contributed by atoms with van der Waals surface area (Å²) in [5.74, 6) is 0. The molecule has 0 aliphatic rings. The number of benzene rings is 7. The Balaban J connectivity index is 1.42. The zero-order valence-corrected chi connectivity index (χ0v) is 21.8. The molecule has 0 bridgehead atoms. The van der Waals surface area contributed by atoms with Crippen molar-refractivity contribution < 1.29 is 4.42 Å². The number of hydrogen-bond acceptors (Lipinski definition) is 2. The Labute approximate surface area is 232 Å². The van der Waals surface area contributed by atoms with E-state index in [2.05, 4.69) is 144 Å². The van der Waals surface area contributed by atoms with Crippen LogP contribution in [0.5, 0.6) is 0 Å². The van der Waals surface area contributed by atoms with Crippen LogP contribution in [0.2, 0.25) is 0 Å². The van der Waals surface area contributed by atoms with Crippen LogP contribution in [0.4, 0.5) is 17.1 Å². The molecule has 0 spiro atoms. The number of para-hydroxylation sites is 2. The van der Waals surface area contributed by atoms with Gasteiger partial charge in [0.05, 0.1) is 11.4 Å². The Morgan fingerprint density at radius 2 is 1.07 bits per heavy atom. The number of furan rings is 1. The van der Waals surface area contributed by atoms with Gasteiger partial charge in [0, 0.05) is 27.2 Å². The van der Waals surface area contributed by atoms with E-state index in [9.17, 15) is 0 Å². The van der Waals surface area contributed by atoms with Gasteiger partial charge in [-0.15, -0.1) is 0 Å². The molecule has 1 heterocycles. The van der Waals surface area contributed by atoms with Gasteiger partial charge in [0.1, 0.15) is 11.2 Å². The topological polar surface area (TPSA) is 16.4 Å². The number of hydrogen-bond donors (Lipinski definition) is 0. The van der Waals surface area contributed by atoms with Crippen molar-refractivity contribution in [1.82, 2.24) is 0 Å². The molecule has 2 nitrogen and oxygen atoms in total. The van der Waals surface area contributed by atoms with Crippen LogP contribution in [0.25, 0.3) is 54.6 Å². The van der Waals surface area contributed by atoms with Crippen molar-refractivity contribution in [3.8, 4) is 11.1 Å². The summed E-state index contributed by atoms with van der Waals surface area (Å²) in [5.41, 5.74) is 7.62. The maximum absolute atomic E-state index is 6.32. The van der Waals surface area contributed by atoms with Gasteiger partial charge in [-0.2, -0.15) is 0 Å². The van der Waals surface area contributed by atoms with Crippen LogP contribution in [0.3, 0.4) is 0 Å². The van der Waals surface area contributed by atoms with Crippen molar-refractivity contribution in [2.45, 2.75) is 0 Å². The van der Waals surface area contributed by atoms with Crippen LogP contribution < -0.4 is 4.90 Å². The lowest BCUT2D eigenvalue weighted by atomic mass is 9.96. The molecule has 8 aromatic rings. The predicted octanol–water partition coefficient (Wildman–Crippen LogP) is 11.0. The van der Waals surface area contributed by atoms with Crippen LogP contribution >= 0.6 is 0 Å². The zero-order valence-electron chi connectivity index (χ0n) is 21.8.